The van der Waals surface area contributed by atoms with E-state index in [9.17, 15) is 4.79 Å². The first-order valence-corrected chi connectivity index (χ1v) is 3.45. The summed E-state index contributed by atoms with van der Waals surface area (Å²) in [6.07, 6.45) is 1.25. The van der Waals surface area contributed by atoms with Crippen molar-refractivity contribution in [1.82, 2.24) is 0 Å². The van der Waals surface area contributed by atoms with Crippen LogP contribution in [0.1, 0.15) is 17.3 Å². The Morgan fingerprint density at radius 3 is 2.08 bits per heavy atom. The second-order valence-corrected chi connectivity index (χ2v) is 1.96. The summed E-state index contributed by atoms with van der Waals surface area (Å²) in [4.78, 5) is 10.2. The van der Waals surface area contributed by atoms with E-state index in [-0.39, 0.29) is 0 Å². The van der Waals surface area contributed by atoms with E-state index in [1.54, 1.807) is 37.3 Å². The lowest BCUT2D eigenvalue weighted by Gasteiger charge is -1.88. The molecule has 0 aromatic heterocycles. The Hall–Kier alpha value is -1.64. The maximum Gasteiger partial charge on any atom is 0.335 e. The number of benzene rings is 1. The third-order valence-corrected chi connectivity index (χ3v) is 1.02. The molecule has 1 aromatic carbocycles. The summed E-state index contributed by atoms with van der Waals surface area (Å²) in [7, 11) is 0. The summed E-state index contributed by atoms with van der Waals surface area (Å²) in [5.41, 5.74) is 0.331. The Labute approximate surface area is 71.2 Å². The highest BCUT2D eigenvalue weighted by Gasteiger charge is 1.96. The number of rotatable bonds is 1. The van der Waals surface area contributed by atoms with Crippen LogP contribution >= 0.6 is 0 Å². The summed E-state index contributed by atoms with van der Waals surface area (Å²) < 4.78 is 0. The lowest BCUT2D eigenvalue weighted by atomic mass is 10.2. The number of carboxylic acid groups (broad SMARTS) is 1. The van der Waals surface area contributed by atoms with Crippen LogP contribution in [0.5, 0.6) is 0 Å². The van der Waals surface area contributed by atoms with Crippen LogP contribution in [0.4, 0.5) is 0 Å². The van der Waals surface area contributed by atoms with E-state index in [1.807, 2.05) is 0 Å². The Kier molecular flexibility index (Phi) is 5.26. The van der Waals surface area contributed by atoms with Crippen molar-refractivity contribution in [1.29, 1.82) is 5.41 Å². The molecular formula is C9H11NO2. The van der Waals surface area contributed by atoms with Crippen molar-refractivity contribution in [2.45, 2.75) is 6.92 Å². The van der Waals surface area contributed by atoms with Crippen molar-refractivity contribution in [3.8, 4) is 0 Å². The smallest absolute Gasteiger partial charge is 0.335 e. The Bertz CT molecular complexity index is 244. The maximum absolute atomic E-state index is 10.2. The first kappa shape index (κ1) is 10.4. The predicted octanol–water partition coefficient (Wildman–Crippen LogP) is 2.04. The number of aromatic carboxylic acids is 1. The van der Waals surface area contributed by atoms with Crippen LogP contribution in [0.25, 0.3) is 0 Å². The van der Waals surface area contributed by atoms with Crippen LogP contribution in [0.3, 0.4) is 0 Å². The maximum atomic E-state index is 10.2. The minimum atomic E-state index is -0.879. The van der Waals surface area contributed by atoms with Gasteiger partial charge in [-0.05, 0) is 25.3 Å². The molecule has 0 spiro atoms. The third-order valence-electron chi connectivity index (χ3n) is 1.02. The molecule has 0 aliphatic rings. The fraction of sp³-hybridized carbons (Fsp3) is 0.111. The lowest BCUT2D eigenvalue weighted by molar-refractivity contribution is 0.0697. The number of carbonyl (C=O) groups is 1. The van der Waals surface area contributed by atoms with Crippen LogP contribution in [0, 0.1) is 5.41 Å². The molecule has 0 saturated carbocycles. The average Bonchev–Trinajstić information content (AvgIpc) is 2.07. The molecule has 0 aliphatic carbocycles. The van der Waals surface area contributed by atoms with E-state index in [0.717, 1.165) is 0 Å². The van der Waals surface area contributed by atoms with Crippen molar-refractivity contribution in [2.75, 3.05) is 0 Å². The molecule has 1 rings (SSSR count). The Morgan fingerprint density at radius 2 is 1.83 bits per heavy atom. The topological polar surface area (TPSA) is 61.2 Å². The first-order valence-electron chi connectivity index (χ1n) is 3.45. The fourth-order valence-electron chi connectivity index (χ4n) is 0.581. The lowest BCUT2D eigenvalue weighted by Crippen LogP contribution is -1.93. The molecule has 1 aromatic rings. The zero-order valence-electron chi connectivity index (χ0n) is 6.82. The fourth-order valence-corrected chi connectivity index (χ4v) is 0.581. The normalized spacial score (nSPS) is 7.75. The molecule has 0 aliphatic heterocycles. The van der Waals surface area contributed by atoms with Gasteiger partial charge in [0.1, 0.15) is 0 Å². The van der Waals surface area contributed by atoms with Gasteiger partial charge < -0.3 is 10.5 Å². The van der Waals surface area contributed by atoms with Gasteiger partial charge in [0.15, 0.2) is 0 Å². The second kappa shape index (κ2) is 6.09. The summed E-state index contributed by atoms with van der Waals surface area (Å²) in [6.45, 7) is 1.67. The zero-order valence-corrected chi connectivity index (χ0v) is 6.82. The summed E-state index contributed by atoms with van der Waals surface area (Å²) in [5, 5.41) is 14.5. The third kappa shape index (κ3) is 4.22. The molecule has 0 unspecified atom stereocenters. The van der Waals surface area contributed by atoms with Crippen LogP contribution < -0.4 is 0 Å². The predicted molar refractivity (Wildman–Crippen MR) is 47.9 cm³/mol. The zero-order chi connectivity index (χ0) is 9.40. The number of hydrogen-bond acceptors (Lipinski definition) is 2. The molecular weight excluding hydrogens is 154 g/mol. The minimum Gasteiger partial charge on any atom is -0.478 e. The molecule has 12 heavy (non-hydrogen) atoms. The van der Waals surface area contributed by atoms with Crippen molar-refractivity contribution in [2.24, 2.45) is 0 Å². The van der Waals surface area contributed by atoms with Gasteiger partial charge in [-0.3, -0.25) is 0 Å². The van der Waals surface area contributed by atoms with Gasteiger partial charge >= 0.3 is 5.97 Å². The van der Waals surface area contributed by atoms with Gasteiger partial charge in [-0.25, -0.2) is 4.79 Å². The molecule has 0 heterocycles. The molecule has 3 nitrogen and oxygen atoms in total. The van der Waals surface area contributed by atoms with Gasteiger partial charge in [-0.2, -0.15) is 0 Å². The van der Waals surface area contributed by atoms with Gasteiger partial charge in [-0.1, -0.05) is 18.2 Å². The van der Waals surface area contributed by atoms with Crippen molar-refractivity contribution >= 4 is 12.2 Å². The SMILES string of the molecule is CC=N.O=C(O)c1ccccc1. The van der Waals surface area contributed by atoms with Crippen molar-refractivity contribution in [3.05, 3.63) is 35.9 Å². The Balaban J connectivity index is 0.000000354. The van der Waals surface area contributed by atoms with Gasteiger partial charge in [0.25, 0.3) is 0 Å². The van der Waals surface area contributed by atoms with Crippen LogP contribution in [0.2, 0.25) is 0 Å². The molecule has 64 valence electrons. The summed E-state index contributed by atoms with van der Waals surface area (Å²) >= 11 is 0. The van der Waals surface area contributed by atoms with E-state index in [4.69, 9.17) is 10.5 Å². The first-order chi connectivity index (χ1) is 5.72. The molecule has 0 saturated heterocycles. The highest BCUT2D eigenvalue weighted by Crippen LogP contribution is 1.96. The van der Waals surface area contributed by atoms with Crippen LogP contribution in [0.15, 0.2) is 30.3 Å². The molecule has 0 bridgehead atoms. The number of nitrogens with one attached hydrogen (secondary N) is 1. The van der Waals surface area contributed by atoms with Crippen molar-refractivity contribution in [3.63, 3.8) is 0 Å². The highest BCUT2D eigenvalue weighted by atomic mass is 16.4. The van der Waals surface area contributed by atoms with E-state index < -0.39 is 5.97 Å². The minimum absolute atomic E-state index is 0.331. The van der Waals surface area contributed by atoms with E-state index in [2.05, 4.69) is 0 Å². The standard InChI is InChI=1S/C7H6O2.C2H5N/c8-7(9)6-4-2-1-3-5-6;1-2-3/h1-5H,(H,8,9);2-3H,1H3. The molecule has 2 N–H and O–H groups in total. The summed E-state index contributed by atoms with van der Waals surface area (Å²) in [6, 6.07) is 8.30. The highest BCUT2D eigenvalue weighted by molar-refractivity contribution is 5.87. The molecule has 0 amide bonds. The second-order valence-electron chi connectivity index (χ2n) is 1.96. The largest absolute Gasteiger partial charge is 0.478 e. The molecule has 3 heteroatoms. The average molecular weight is 165 g/mol. The number of hydrogen-bond donors (Lipinski definition) is 2. The molecule has 0 fully saturated rings. The molecule has 0 radical (unpaired) electrons. The van der Waals surface area contributed by atoms with Crippen LogP contribution in [-0.2, 0) is 0 Å². The van der Waals surface area contributed by atoms with Gasteiger partial charge in [0.2, 0.25) is 0 Å². The van der Waals surface area contributed by atoms with E-state index >= 15 is 0 Å². The summed E-state index contributed by atoms with van der Waals surface area (Å²) in [5.74, 6) is -0.879. The van der Waals surface area contributed by atoms with E-state index in [0.29, 0.717) is 5.56 Å². The monoisotopic (exact) mass is 165 g/mol. The van der Waals surface area contributed by atoms with Gasteiger partial charge in [0, 0.05) is 0 Å². The van der Waals surface area contributed by atoms with Gasteiger partial charge in [0.05, 0.1) is 5.56 Å². The van der Waals surface area contributed by atoms with Gasteiger partial charge in [-0.15, -0.1) is 0 Å². The van der Waals surface area contributed by atoms with Crippen molar-refractivity contribution < 1.29 is 9.90 Å². The Morgan fingerprint density at radius 1 is 1.42 bits per heavy atom. The van der Waals surface area contributed by atoms with E-state index in [1.165, 1.54) is 6.21 Å². The number of carboxylic acids is 1. The molecule has 0 atom stereocenters. The van der Waals surface area contributed by atoms with Crippen LogP contribution in [-0.4, -0.2) is 17.3 Å². The quantitative estimate of drug-likeness (QED) is 0.625.